The number of sulfonamides is 1. The molecule has 1 atom stereocenters. The number of hydrogen-bond acceptors (Lipinski definition) is 4. The van der Waals surface area contributed by atoms with Crippen molar-refractivity contribution in [3.8, 4) is 0 Å². The lowest BCUT2D eigenvalue weighted by molar-refractivity contribution is 0.167. The van der Waals surface area contributed by atoms with Gasteiger partial charge in [0.05, 0.1) is 11.0 Å². The summed E-state index contributed by atoms with van der Waals surface area (Å²) in [4.78, 5) is 0.241. The minimum absolute atomic E-state index is 0.153. The number of aliphatic hydroxyl groups is 1. The Morgan fingerprint density at radius 1 is 1.13 bits per heavy atom. The van der Waals surface area contributed by atoms with Gasteiger partial charge >= 0.3 is 0 Å². The van der Waals surface area contributed by atoms with E-state index >= 15 is 0 Å². The second-order valence-corrected chi connectivity index (χ2v) is 7.58. The minimum Gasteiger partial charge on any atom is -0.466 e. The van der Waals surface area contributed by atoms with Gasteiger partial charge in [0.25, 0.3) is 0 Å². The van der Waals surface area contributed by atoms with Crippen LogP contribution < -0.4 is 4.72 Å². The van der Waals surface area contributed by atoms with Gasteiger partial charge in [0.2, 0.25) is 10.0 Å². The number of benzene rings is 1. The average Bonchev–Trinajstić information content (AvgIpc) is 2.80. The molecule has 5 nitrogen and oxygen atoms in total. The molecular weight excluding hydrogens is 314 g/mol. The van der Waals surface area contributed by atoms with E-state index in [0.717, 1.165) is 16.9 Å². The highest BCUT2D eigenvalue weighted by molar-refractivity contribution is 7.89. The van der Waals surface area contributed by atoms with E-state index < -0.39 is 16.1 Å². The van der Waals surface area contributed by atoms with E-state index in [1.807, 2.05) is 20.8 Å². The Hall–Kier alpha value is -1.63. The Morgan fingerprint density at radius 2 is 1.83 bits per heavy atom. The molecule has 0 aliphatic heterocycles. The maximum atomic E-state index is 12.3. The lowest BCUT2D eigenvalue weighted by Crippen LogP contribution is -2.26. The number of nitrogens with one attached hydrogen (secondary N) is 1. The van der Waals surface area contributed by atoms with Crippen LogP contribution in [0.4, 0.5) is 0 Å². The van der Waals surface area contributed by atoms with Gasteiger partial charge in [-0.1, -0.05) is 6.07 Å². The van der Waals surface area contributed by atoms with Crippen molar-refractivity contribution in [3.05, 3.63) is 52.5 Å². The van der Waals surface area contributed by atoms with E-state index in [1.54, 1.807) is 31.2 Å². The molecule has 23 heavy (non-hydrogen) atoms. The predicted octanol–water partition coefficient (Wildman–Crippen LogP) is 2.92. The standard InChI is InChI=1S/C17H23NO4S/c1-11-5-6-15(9-12(11)2)23(20,21)18-8-7-17(19)16-10-13(3)22-14(16)4/h5-6,9-10,17-19H,7-8H2,1-4H3/t17-/m0/s1. The maximum Gasteiger partial charge on any atom is 0.240 e. The quantitative estimate of drug-likeness (QED) is 0.849. The highest BCUT2D eigenvalue weighted by atomic mass is 32.2. The van der Waals surface area contributed by atoms with Crippen LogP contribution in [-0.4, -0.2) is 20.1 Å². The average molecular weight is 337 g/mol. The van der Waals surface area contributed by atoms with E-state index in [9.17, 15) is 13.5 Å². The number of rotatable bonds is 6. The van der Waals surface area contributed by atoms with E-state index in [2.05, 4.69) is 4.72 Å². The molecule has 0 radical (unpaired) electrons. The highest BCUT2D eigenvalue weighted by Crippen LogP contribution is 2.23. The zero-order valence-electron chi connectivity index (χ0n) is 13.9. The molecule has 0 bridgehead atoms. The summed E-state index contributed by atoms with van der Waals surface area (Å²) in [5.41, 5.74) is 2.68. The van der Waals surface area contributed by atoms with Crippen molar-refractivity contribution in [2.24, 2.45) is 0 Å². The molecule has 1 heterocycles. The molecule has 1 aromatic carbocycles. The molecule has 0 fully saturated rings. The van der Waals surface area contributed by atoms with E-state index in [4.69, 9.17) is 4.42 Å². The zero-order valence-corrected chi connectivity index (χ0v) is 14.7. The smallest absolute Gasteiger partial charge is 0.240 e. The van der Waals surface area contributed by atoms with Crippen molar-refractivity contribution in [2.75, 3.05) is 6.54 Å². The first-order valence-electron chi connectivity index (χ1n) is 7.52. The molecule has 0 saturated heterocycles. The molecule has 0 aliphatic carbocycles. The minimum atomic E-state index is -3.57. The van der Waals surface area contributed by atoms with Gasteiger partial charge in [-0.25, -0.2) is 13.1 Å². The van der Waals surface area contributed by atoms with Gasteiger partial charge in [-0.3, -0.25) is 0 Å². The Kier molecular flexibility index (Phi) is 5.29. The van der Waals surface area contributed by atoms with Crippen molar-refractivity contribution in [1.82, 2.24) is 4.72 Å². The van der Waals surface area contributed by atoms with Crippen LogP contribution in [0, 0.1) is 27.7 Å². The van der Waals surface area contributed by atoms with Gasteiger partial charge < -0.3 is 9.52 Å². The lowest BCUT2D eigenvalue weighted by Gasteiger charge is -2.12. The van der Waals surface area contributed by atoms with Crippen molar-refractivity contribution in [1.29, 1.82) is 0 Å². The van der Waals surface area contributed by atoms with Crippen LogP contribution in [0.2, 0.25) is 0 Å². The van der Waals surface area contributed by atoms with Gasteiger partial charge in [0.15, 0.2) is 0 Å². The van der Waals surface area contributed by atoms with Crippen LogP contribution in [0.3, 0.4) is 0 Å². The van der Waals surface area contributed by atoms with Gasteiger partial charge in [-0.05, 0) is 63.4 Å². The summed E-state index contributed by atoms with van der Waals surface area (Å²) in [6.07, 6.45) is -0.473. The topological polar surface area (TPSA) is 79.5 Å². The van der Waals surface area contributed by atoms with Crippen LogP contribution >= 0.6 is 0 Å². The van der Waals surface area contributed by atoms with Crippen LogP contribution in [-0.2, 0) is 10.0 Å². The van der Waals surface area contributed by atoms with E-state index in [1.165, 1.54) is 0 Å². The molecule has 1 aromatic heterocycles. The third-order valence-corrected chi connectivity index (χ3v) is 5.40. The van der Waals surface area contributed by atoms with E-state index in [-0.39, 0.29) is 17.9 Å². The fraction of sp³-hybridized carbons (Fsp3) is 0.412. The van der Waals surface area contributed by atoms with Crippen LogP contribution in [0.25, 0.3) is 0 Å². The first kappa shape index (κ1) is 17.7. The summed E-state index contributed by atoms with van der Waals surface area (Å²) < 4.78 is 32.5. The van der Waals surface area contributed by atoms with Crippen LogP contribution in [0.1, 0.15) is 40.7 Å². The fourth-order valence-corrected chi connectivity index (χ4v) is 3.56. The first-order valence-corrected chi connectivity index (χ1v) is 9.01. The number of aryl methyl sites for hydroxylation is 4. The Labute approximate surface area is 137 Å². The summed E-state index contributed by atoms with van der Waals surface area (Å²) in [5.74, 6) is 1.39. The van der Waals surface area contributed by atoms with Gasteiger partial charge in [-0.15, -0.1) is 0 Å². The normalized spacial score (nSPS) is 13.3. The van der Waals surface area contributed by atoms with Gasteiger partial charge in [0.1, 0.15) is 11.5 Å². The molecule has 0 aliphatic rings. The molecular formula is C17H23NO4S. The van der Waals surface area contributed by atoms with Crippen LogP contribution in [0.5, 0.6) is 0 Å². The second-order valence-electron chi connectivity index (χ2n) is 5.82. The summed E-state index contributed by atoms with van der Waals surface area (Å²) in [6, 6.07) is 6.80. The summed E-state index contributed by atoms with van der Waals surface area (Å²) in [5, 5.41) is 10.2. The molecule has 126 valence electrons. The van der Waals surface area contributed by atoms with Crippen molar-refractivity contribution in [2.45, 2.75) is 45.1 Å². The monoisotopic (exact) mass is 337 g/mol. The van der Waals surface area contributed by atoms with Crippen molar-refractivity contribution >= 4 is 10.0 Å². The number of aliphatic hydroxyl groups excluding tert-OH is 1. The molecule has 2 aromatic rings. The maximum absolute atomic E-state index is 12.3. The highest BCUT2D eigenvalue weighted by Gasteiger charge is 2.17. The van der Waals surface area contributed by atoms with Crippen LogP contribution in [0.15, 0.2) is 33.6 Å². The number of furan rings is 1. The molecule has 2 rings (SSSR count). The zero-order chi connectivity index (χ0) is 17.2. The van der Waals surface area contributed by atoms with Gasteiger partial charge in [-0.2, -0.15) is 0 Å². The summed E-state index contributed by atoms with van der Waals surface area (Å²) in [7, 11) is -3.57. The van der Waals surface area contributed by atoms with E-state index in [0.29, 0.717) is 11.3 Å². The summed E-state index contributed by atoms with van der Waals surface area (Å²) >= 11 is 0. The molecule has 6 heteroatoms. The Balaban J connectivity index is 1.99. The third-order valence-electron chi connectivity index (χ3n) is 3.94. The molecule has 2 N–H and O–H groups in total. The van der Waals surface area contributed by atoms with Crippen molar-refractivity contribution in [3.63, 3.8) is 0 Å². The molecule has 0 spiro atoms. The molecule has 0 saturated carbocycles. The first-order chi connectivity index (χ1) is 10.7. The largest absolute Gasteiger partial charge is 0.466 e. The van der Waals surface area contributed by atoms with Gasteiger partial charge in [0, 0.05) is 12.1 Å². The Morgan fingerprint density at radius 3 is 2.39 bits per heavy atom. The molecule has 0 unspecified atom stereocenters. The SMILES string of the molecule is Cc1cc([C@@H](O)CCNS(=O)(=O)c2ccc(C)c(C)c2)c(C)o1. The van der Waals surface area contributed by atoms with Crippen molar-refractivity contribution < 1.29 is 17.9 Å². The fourth-order valence-electron chi connectivity index (χ4n) is 2.43. The third kappa shape index (κ3) is 4.22. The Bertz CT molecular complexity index is 793. The molecule has 0 amide bonds. The lowest BCUT2D eigenvalue weighted by atomic mass is 10.1. The number of hydrogen-bond donors (Lipinski definition) is 2. The summed E-state index contributed by atoms with van der Waals surface area (Å²) in [6.45, 7) is 7.56. The second kappa shape index (κ2) is 6.86. The predicted molar refractivity (Wildman–Crippen MR) is 88.9 cm³/mol.